The molecule has 3 unspecified atom stereocenters. The zero-order chi connectivity index (χ0) is 17.6. The van der Waals surface area contributed by atoms with Gasteiger partial charge in [-0.3, -0.25) is 0 Å². The van der Waals surface area contributed by atoms with Crippen LogP contribution < -0.4 is 24.8 Å². The average molecular weight is 491 g/mol. The molecule has 3 atom stereocenters. The van der Waals surface area contributed by atoms with Gasteiger partial charge in [0.05, 0.1) is 0 Å². The molecule has 28 heavy (non-hydrogen) atoms. The van der Waals surface area contributed by atoms with Crippen LogP contribution in [0.25, 0.3) is 12.2 Å². The summed E-state index contributed by atoms with van der Waals surface area (Å²) in [5, 5.41) is 0. The summed E-state index contributed by atoms with van der Waals surface area (Å²) in [7, 11) is 0. The Bertz CT molecular complexity index is 882. The summed E-state index contributed by atoms with van der Waals surface area (Å²) in [5.41, 5.74) is 6.18. The first-order valence-electron chi connectivity index (χ1n) is 10.4. The van der Waals surface area contributed by atoms with Gasteiger partial charge in [0.1, 0.15) is 0 Å². The van der Waals surface area contributed by atoms with E-state index in [-0.39, 0.29) is 24.8 Å². The van der Waals surface area contributed by atoms with Crippen LogP contribution in [0.1, 0.15) is 58.0 Å². The SMILES string of the molecule is CC[CH](CCC1C=Cc2ccccc21)[Zr+2]1([CH]2C=Cc3ccccc32)[CH2][CH2]1.[Cl-].[Cl-]. The molecule has 2 aromatic carbocycles. The fraction of sp³-hybridized carbons (Fsp3) is 0.360. The monoisotopic (exact) mass is 488 g/mol. The van der Waals surface area contributed by atoms with E-state index in [1.165, 1.54) is 30.4 Å². The third-order valence-electron chi connectivity index (χ3n) is 7.28. The number of hydrogen-bond donors (Lipinski definition) is 0. The van der Waals surface area contributed by atoms with E-state index in [1.54, 1.807) is 19.4 Å². The van der Waals surface area contributed by atoms with Crippen molar-refractivity contribution in [3.63, 3.8) is 0 Å². The third kappa shape index (κ3) is 3.76. The van der Waals surface area contributed by atoms with Crippen LogP contribution in [0.15, 0.2) is 60.7 Å². The Morgan fingerprint density at radius 3 is 2.14 bits per heavy atom. The first-order valence-corrected chi connectivity index (χ1v) is 16.7. The van der Waals surface area contributed by atoms with Crippen molar-refractivity contribution >= 4 is 12.2 Å². The molecular formula is C25H28Cl2Zr. The van der Waals surface area contributed by atoms with Gasteiger partial charge in [0.2, 0.25) is 0 Å². The minimum absolute atomic E-state index is 0. The molecule has 0 spiro atoms. The zero-order valence-corrected chi connectivity index (χ0v) is 20.4. The number of hydrogen-bond acceptors (Lipinski definition) is 0. The fourth-order valence-corrected chi connectivity index (χ4v) is 22.6. The Morgan fingerprint density at radius 1 is 0.857 bits per heavy atom. The molecular weight excluding hydrogens is 462 g/mol. The molecule has 0 nitrogen and oxygen atoms in total. The molecule has 3 aliphatic rings. The Morgan fingerprint density at radius 2 is 1.46 bits per heavy atom. The van der Waals surface area contributed by atoms with Crippen molar-refractivity contribution < 1.29 is 45.1 Å². The fourth-order valence-electron chi connectivity index (χ4n) is 5.72. The maximum Gasteiger partial charge on any atom is -1.00 e. The molecule has 2 aliphatic carbocycles. The molecule has 5 rings (SSSR count). The van der Waals surface area contributed by atoms with Gasteiger partial charge < -0.3 is 24.8 Å². The molecule has 0 amide bonds. The maximum atomic E-state index is 2.60. The Labute approximate surface area is 186 Å². The van der Waals surface area contributed by atoms with Gasteiger partial charge in [0.25, 0.3) is 0 Å². The Balaban J connectivity index is 0.00000112. The van der Waals surface area contributed by atoms with E-state index in [9.17, 15) is 0 Å². The summed E-state index contributed by atoms with van der Waals surface area (Å²) in [6, 6.07) is 18.2. The summed E-state index contributed by atoms with van der Waals surface area (Å²) in [6.45, 7) is 2.46. The van der Waals surface area contributed by atoms with Crippen molar-refractivity contribution in [2.24, 2.45) is 0 Å². The normalized spacial score (nSPS) is 22.2. The molecule has 0 radical (unpaired) electrons. The van der Waals surface area contributed by atoms with Crippen LogP contribution in [0.4, 0.5) is 0 Å². The van der Waals surface area contributed by atoms with Gasteiger partial charge in [0, 0.05) is 0 Å². The molecule has 1 aliphatic heterocycles. The molecule has 0 bridgehead atoms. The molecule has 1 fully saturated rings. The summed E-state index contributed by atoms with van der Waals surface area (Å²) in [5.74, 6) is 0.661. The molecule has 2 aromatic rings. The number of rotatable bonds is 6. The predicted molar refractivity (Wildman–Crippen MR) is 109 cm³/mol. The average Bonchev–Trinajstić information content (AvgIpc) is 3.19. The minimum atomic E-state index is -2.05. The van der Waals surface area contributed by atoms with E-state index >= 15 is 0 Å². The van der Waals surface area contributed by atoms with Gasteiger partial charge in [-0.2, -0.15) is 0 Å². The smallest absolute Gasteiger partial charge is 1.00 e. The summed E-state index contributed by atoms with van der Waals surface area (Å²) >= 11 is -2.05. The molecule has 0 aromatic heterocycles. The second kappa shape index (κ2) is 9.03. The first kappa shape index (κ1) is 22.1. The van der Waals surface area contributed by atoms with Crippen molar-refractivity contribution in [2.45, 2.75) is 47.6 Å². The van der Waals surface area contributed by atoms with Gasteiger partial charge in [-0.1, -0.05) is 0 Å². The number of halogens is 2. The maximum absolute atomic E-state index is 2.60. The zero-order valence-electron chi connectivity index (χ0n) is 16.5. The van der Waals surface area contributed by atoms with E-state index in [0.29, 0.717) is 5.92 Å². The van der Waals surface area contributed by atoms with Gasteiger partial charge >= 0.3 is 163 Å². The van der Waals surface area contributed by atoms with Gasteiger partial charge in [-0.05, 0) is 0 Å². The molecule has 0 N–H and O–H groups in total. The van der Waals surface area contributed by atoms with Gasteiger partial charge in [-0.15, -0.1) is 0 Å². The van der Waals surface area contributed by atoms with E-state index in [0.717, 1.165) is 7.25 Å². The molecule has 3 heteroatoms. The topological polar surface area (TPSA) is 0 Å². The first-order chi connectivity index (χ1) is 12.8. The van der Waals surface area contributed by atoms with Crippen LogP contribution >= 0.6 is 0 Å². The van der Waals surface area contributed by atoms with Crippen LogP contribution in [-0.2, 0) is 20.3 Å². The second-order valence-electron chi connectivity index (χ2n) is 8.48. The van der Waals surface area contributed by atoms with Crippen LogP contribution in [0.5, 0.6) is 0 Å². The van der Waals surface area contributed by atoms with E-state index in [1.807, 2.05) is 0 Å². The van der Waals surface area contributed by atoms with Crippen LogP contribution in [0, 0.1) is 0 Å². The summed E-state index contributed by atoms with van der Waals surface area (Å²) < 4.78 is 5.14. The molecule has 1 heterocycles. The summed E-state index contributed by atoms with van der Waals surface area (Å²) in [6.07, 6.45) is 14.0. The van der Waals surface area contributed by atoms with E-state index < -0.39 is 20.3 Å². The standard InChI is InChI=1S/C14H17.C9H7.C2H4.2ClH.Zr/c1-2-3-4-7-12-10-11-13-8-5-6-9-14(12)13;1-2-5-9-7-3-6-8(9)4-1;1-2;;;/h3,5-6,8-12H,2,4,7H2,1H3;1-7H;1-2H2;2*1H;/q;;;;;+2/p-2. The number of fused-ring (bicyclic) bond motifs is 2. The second-order valence-corrected chi connectivity index (χ2v) is 20.5. The van der Waals surface area contributed by atoms with E-state index in [2.05, 4.69) is 79.8 Å². The van der Waals surface area contributed by atoms with Crippen molar-refractivity contribution in [3.8, 4) is 0 Å². The third-order valence-corrected chi connectivity index (χ3v) is 21.3. The Hall–Kier alpha value is -0.617. The van der Waals surface area contributed by atoms with Crippen molar-refractivity contribution in [2.75, 3.05) is 0 Å². The van der Waals surface area contributed by atoms with Gasteiger partial charge in [0.15, 0.2) is 0 Å². The Kier molecular flexibility index (Phi) is 7.12. The molecule has 146 valence electrons. The van der Waals surface area contributed by atoms with Crippen molar-refractivity contribution in [1.29, 1.82) is 0 Å². The predicted octanol–water partition coefficient (Wildman–Crippen LogP) is 1.56. The quantitative estimate of drug-likeness (QED) is 0.577. The van der Waals surface area contributed by atoms with Crippen molar-refractivity contribution in [3.05, 3.63) is 82.9 Å². The molecule has 0 saturated carbocycles. The van der Waals surface area contributed by atoms with Crippen LogP contribution in [0.2, 0.25) is 11.9 Å². The van der Waals surface area contributed by atoms with Crippen LogP contribution in [0.3, 0.4) is 0 Å². The number of allylic oxidation sites excluding steroid dienone is 2. The summed E-state index contributed by atoms with van der Waals surface area (Å²) in [4.78, 5) is 0. The number of benzene rings is 2. The van der Waals surface area contributed by atoms with Crippen molar-refractivity contribution in [1.82, 2.24) is 0 Å². The van der Waals surface area contributed by atoms with E-state index in [4.69, 9.17) is 0 Å². The van der Waals surface area contributed by atoms with Gasteiger partial charge in [-0.25, -0.2) is 0 Å². The van der Waals surface area contributed by atoms with Crippen LogP contribution in [-0.4, -0.2) is 0 Å². The molecule has 1 saturated heterocycles. The largest absolute Gasteiger partial charge is 1.00 e. The minimum Gasteiger partial charge on any atom is -1.00 e.